The van der Waals surface area contributed by atoms with Gasteiger partial charge in [-0.2, -0.15) is 0 Å². The lowest BCUT2D eigenvalue weighted by molar-refractivity contribution is -0.124. The molecule has 3 amide bonds. The van der Waals surface area contributed by atoms with Gasteiger partial charge in [-0.05, 0) is 19.1 Å². The van der Waals surface area contributed by atoms with E-state index >= 15 is 0 Å². The van der Waals surface area contributed by atoms with Crippen molar-refractivity contribution in [2.75, 3.05) is 0 Å². The van der Waals surface area contributed by atoms with E-state index in [2.05, 4.69) is 20.9 Å². The molecule has 1 heterocycles. The summed E-state index contributed by atoms with van der Waals surface area (Å²) in [7, 11) is 0. The molecule has 1 aromatic rings. The molecule has 0 aromatic heterocycles. The average molecular weight is 357 g/mol. The number of hydrogen-bond donors (Lipinski definition) is 3. The van der Waals surface area contributed by atoms with E-state index in [0.29, 0.717) is 5.56 Å². The second-order valence-electron chi connectivity index (χ2n) is 4.98. The minimum atomic E-state index is -1.91. The summed E-state index contributed by atoms with van der Waals surface area (Å²) in [6.07, 6.45) is 0. The predicted octanol–water partition coefficient (Wildman–Crippen LogP) is 0.847. The van der Waals surface area contributed by atoms with Gasteiger partial charge in [-0.15, -0.1) is 0 Å². The molecule has 0 bridgehead atoms. The fourth-order valence-corrected chi connectivity index (χ4v) is 2.33. The number of carbonyl (C=O) groups excluding carboxylic acids is 3. The molecule has 2 rings (SSSR count). The van der Waals surface area contributed by atoms with Crippen LogP contribution in [-0.4, -0.2) is 34.2 Å². The Morgan fingerprint density at radius 3 is 2.39 bits per heavy atom. The maximum Gasteiger partial charge on any atom is 0.278 e. The van der Waals surface area contributed by atoms with Gasteiger partial charge in [0.1, 0.15) is 0 Å². The van der Waals surface area contributed by atoms with Crippen LogP contribution in [0.15, 0.2) is 29.3 Å². The number of halogens is 2. The van der Waals surface area contributed by atoms with Crippen LogP contribution in [-0.2, 0) is 9.59 Å². The molecule has 23 heavy (non-hydrogen) atoms. The summed E-state index contributed by atoms with van der Waals surface area (Å²) in [6, 6.07) is 6.70. The topological polar surface area (TPSA) is 99.7 Å². The normalized spacial score (nSPS) is 20.0. The third-order valence-corrected chi connectivity index (χ3v) is 3.73. The monoisotopic (exact) mass is 356 g/mol. The van der Waals surface area contributed by atoms with E-state index in [4.69, 9.17) is 23.2 Å². The second-order valence-corrected chi connectivity index (χ2v) is 6.08. The SMILES string of the molecule is CC(=O)NC1=N[C@@](NC(=O)c2ccc(C)cc2)(C(Cl)Cl)C(=O)N1. The van der Waals surface area contributed by atoms with Gasteiger partial charge in [0, 0.05) is 12.5 Å². The summed E-state index contributed by atoms with van der Waals surface area (Å²) in [5.41, 5.74) is -0.614. The number of nitrogens with one attached hydrogen (secondary N) is 3. The lowest BCUT2D eigenvalue weighted by Crippen LogP contribution is -2.58. The van der Waals surface area contributed by atoms with Gasteiger partial charge in [-0.3, -0.25) is 25.0 Å². The Hall–Kier alpha value is -2.12. The first-order chi connectivity index (χ1) is 10.7. The van der Waals surface area contributed by atoms with Gasteiger partial charge in [0.25, 0.3) is 11.8 Å². The molecule has 1 aliphatic heterocycles. The van der Waals surface area contributed by atoms with Gasteiger partial charge in [-0.25, -0.2) is 4.99 Å². The fraction of sp³-hybridized carbons (Fsp3) is 0.286. The molecule has 122 valence electrons. The quantitative estimate of drug-likeness (QED) is 0.699. The smallest absolute Gasteiger partial charge is 0.278 e. The number of guanidine groups is 1. The molecule has 1 aliphatic rings. The fourth-order valence-electron chi connectivity index (χ4n) is 1.92. The number of rotatable bonds is 3. The van der Waals surface area contributed by atoms with Crippen LogP contribution in [0.3, 0.4) is 0 Å². The van der Waals surface area contributed by atoms with Gasteiger partial charge in [-0.1, -0.05) is 40.9 Å². The maximum absolute atomic E-state index is 12.3. The Labute approximate surface area is 142 Å². The van der Waals surface area contributed by atoms with Crippen LogP contribution in [0.25, 0.3) is 0 Å². The van der Waals surface area contributed by atoms with Crippen LogP contribution in [0, 0.1) is 6.92 Å². The molecular formula is C14H14Cl2N4O3. The van der Waals surface area contributed by atoms with Crippen molar-refractivity contribution < 1.29 is 14.4 Å². The molecule has 1 atom stereocenters. The Kier molecular flexibility index (Phi) is 4.91. The van der Waals surface area contributed by atoms with Crippen molar-refractivity contribution in [1.29, 1.82) is 0 Å². The number of hydrogen-bond acceptors (Lipinski definition) is 4. The zero-order valence-electron chi connectivity index (χ0n) is 12.3. The highest BCUT2D eigenvalue weighted by Gasteiger charge is 2.51. The number of amides is 3. The van der Waals surface area contributed by atoms with Crippen molar-refractivity contribution in [2.45, 2.75) is 24.3 Å². The highest BCUT2D eigenvalue weighted by atomic mass is 35.5. The molecule has 3 N–H and O–H groups in total. The average Bonchev–Trinajstić information content (AvgIpc) is 2.75. The molecule has 0 saturated carbocycles. The standard InChI is InChI=1S/C14H14Cl2N4O3/c1-7-3-5-9(6-4-7)10(22)19-14(11(15)16)12(23)18-13(20-14)17-8(2)21/h3-6,11H,1-2H3,(H,19,22)(H2,17,18,20,21,23)/t14-/m0/s1. The first kappa shape index (κ1) is 17.2. The summed E-state index contributed by atoms with van der Waals surface area (Å²) >= 11 is 11.7. The van der Waals surface area contributed by atoms with E-state index in [0.717, 1.165) is 5.56 Å². The molecule has 0 fully saturated rings. The number of aryl methyl sites for hydroxylation is 1. The van der Waals surface area contributed by atoms with Gasteiger partial charge in [0.15, 0.2) is 4.84 Å². The Morgan fingerprint density at radius 1 is 1.26 bits per heavy atom. The van der Waals surface area contributed by atoms with Gasteiger partial charge in [0.2, 0.25) is 17.5 Å². The third kappa shape index (κ3) is 3.62. The van der Waals surface area contributed by atoms with Crippen molar-refractivity contribution in [3.8, 4) is 0 Å². The molecule has 1 aromatic carbocycles. The molecule has 9 heteroatoms. The van der Waals surface area contributed by atoms with Gasteiger partial charge < -0.3 is 5.32 Å². The Balaban J connectivity index is 2.29. The highest BCUT2D eigenvalue weighted by molar-refractivity contribution is 6.47. The van der Waals surface area contributed by atoms with Crippen molar-refractivity contribution >= 4 is 46.9 Å². The van der Waals surface area contributed by atoms with E-state index in [-0.39, 0.29) is 5.96 Å². The molecule has 0 radical (unpaired) electrons. The summed E-state index contributed by atoms with van der Waals surface area (Å²) in [5, 5.41) is 7.06. The van der Waals surface area contributed by atoms with Crippen molar-refractivity contribution in [3.05, 3.63) is 35.4 Å². The summed E-state index contributed by atoms with van der Waals surface area (Å²) in [5.74, 6) is -1.88. The molecule has 0 saturated heterocycles. The largest absolute Gasteiger partial charge is 0.317 e. The van der Waals surface area contributed by atoms with Crippen LogP contribution in [0.4, 0.5) is 0 Å². The van der Waals surface area contributed by atoms with Crippen molar-refractivity contribution in [2.24, 2.45) is 4.99 Å². The summed E-state index contributed by atoms with van der Waals surface area (Å²) < 4.78 is 0. The predicted molar refractivity (Wildman–Crippen MR) is 86.3 cm³/mol. The zero-order valence-corrected chi connectivity index (χ0v) is 13.8. The number of benzene rings is 1. The van der Waals surface area contributed by atoms with E-state index in [1.165, 1.54) is 6.92 Å². The van der Waals surface area contributed by atoms with Crippen LogP contribution in [0.2, 0.25) is 0 Å². The van der Waals surface area contributed by atoms with Crippen molar-refractivity contribution in [1.82, 2.24) is 16.0 Å². The minimum Gasteiger partial charge on any atom is -0.317 e. The lowest BCUT2D eigenvalue weighted by Gasteiger charge is -2.25. The van der Waals surface area contributed by atoms with E-state index in [9.17, 15) is 14.4 Å². The van der Waals surface area contributed by atoms with E-state index in [1.807, 2.05) is 6.92 Å². The molecular weight excluding hydrogens is 343 g/mol. The minimum absolute atomic E-state index is 0.127. The number of carbonyl (C=O) groups is 3. The van der Waals surface area contributed by atoms with E-state index < -0.39 is 28.2 Å². The van der Waals surface area contributed by atoms with Gasteiger partial charge in [0.05, 0.1) is 0 Å². The summed E-state index contributed by atoms with van der Waals surface area (Å²) in [6.45, 7) is 3.13. The number of nitrogens with zero attached hydrogens (tertiary/aromatic N) is 1. The molecule has 0 aliphatic carbocycles. The zero-order chi connectivity index (χ0) is 17.2. The van der Waals surface area contributed by atoms with Crippen LogP contribution in [0.5, 0.6) is 0 Å². The van der Waals surface area contributed by atoms with Crippen LogP contribution in [0.1, 0.15) is 22.8 Å². The molecule has 7 nitrogen and oxygen atoms in total. The molecule has 0 unspecified atom stereocenters. The highest BCUT2D eigenvalue weighted by Crippen LogP contribution is 2.26. The summed E-state index contributed by atoms with van der Waals surface area (Å²) in [4.78, 5) is 38.2. The lowest BCUT2D eigenvalue weighted by atomic mass is 10.1. The Bertz CT molecular complexity index is 688. The van der Waals surface area contributed by atoms with Crippen molar-refractivity contribution in [3.63, 3.8) is 0 Å². The third-order valence-electron chi connectivity index (χ3n) is 3.09. The van der Waals surface area contributed by atoms with Crippen LogP contribution >= 0.6 is 23.2 Å². The van der Waals surface area contributed by atoms with Crippen LogP contribution < -0.4 is 16.0 Å². The second kappa shape index (κ2) is 6.55. The number of alkyl halides is 2. The Morgan fingerprint density at radius 2 is 1.87 bits per heavy atom. The first-order valence-electron chi connectivity index (χ1n) is 6.61. The number of aliphatic imine (C=N–C) groups is 1. The first-order valence-corrected chi connectivity index (χ1v) is 7.48. The molecule has 0 spiro atoms. The van der Waals surface area contributed by atoms with E-state index in [1.54, 1.807) is 24.3 Å². The maximum atomic E-state index is 12.3. The van der Waals surface area contributed by atoms with Gasteiger partial charge >= 0.3 is 0 Å².